The molecule has 0 radical (unpaired) electrons. The van der Waals surface area contributed by atoms with Gasteiger partial charge in [0.1, 0.15) is 5.82 Å². The Kier molecular flexibility index (Phi) is 7.93. The minimum absolute atomic E-state index is 0.302. The number of nitrogens with one attached hydrogen (secondary N) is 1. The topological polar surface area (TPSA) is 106 Å². The van der Waals surface area contributed by atoms with Gasteiger partial charge in [-0.2, -0.15) is 4.98 Å². The van der Waals surface area contributed by atoms with Crippen LogP contribution in [-0.4, -0.2) is 57.4 Å². The Morgan fingerprint density at radius 2 is 1.85 bits per heavy atom. The SMILES string of the molecule is CCCCCCCCOc1nc(N)c2ncc(Cc3cnc(N4CCNCC4)c(C)c3)n2n1. The molecule has 0 saturated carbocycles. The molecule has 4 heterocycles. The number of fused-ring (bicyclic) bond motifs is 1. The number of rotatable bonds is 11. The van der Waals surface area contributed by atoms with Crippen molar-refractivity contribution in [3.05, 3.63) is 35.3 Å². The lowest BCUT2D eigenvalue weighted by Gasteiger charge is -2.29. The molecule has 178 valence electrons. The minimum atomic E-state index is 0.302. The van der Waals surface area contributed by atoms with Gasteiger partial charge in [-0.3, -0.25) is 0 Å². The molecule has 9 heteroatoms. The molecule has 33 heavy (non-hydrogen) atoms. The number of hydrogen-bond donors (Lipinski definition) is 2. The summed E-state index contributed by atoms with van der Waals surface area (Å²) in [5.41, 5.74) is 9.91. The van der Waals surface area contributed by atoms with Gasteiger partial charge in [0, 0.05) is 38.8 Å². The summed E-state index contributed by atoms with van der Waals surface area (Å²) in [6.45, 7) is 8.90. The van der Waals surface area contributed by atoms with Crippen molar-refractivity contribution >= 4 is 17.3 Å². The summed E-state index contributed by atoms with van der Waals surface area (Å²) >= 11 is 0. The molecule has 9 nitrogen and oxygen atoms in total. The lowest BCUT2D eigenvalue weighted by molar-refractivity contribution is 0.276. The summed E-state index contributed by atoms with van der Waals surface area (Å²) in [7, 11) is 0. The highest BCUT2D eigenvalue weighted by atomic mass is 16.5. The van der Waals surface area contributed by atoms with Crippen LogP contribution in [0.5, 0.6) is 6.01 Å². The predicted molar refractivity (Wildman–Crippen MR) is 131 cm³/mol. The van der Waals surface area contributed by atoms with E-state index in [-0.39, 0.29) is 0 Å². The standard InChI is InChI=1S/C24H36N8O/c1-3-4-5-6-7-8-13-33-24-29-21(25)23-28-17-20(32(23)30-24)15-19-14-18(2)22(27-16-19)31-11-9-26-10-12-31/h14,16-17,26H,3-13,15H2,1-2H3,(H2,25,29,30). The predicted octanol–water partition coefficient (Wildman–Crippen LogP) is 3.15. The maximum absolute atomic E-state index is 6.14. The third-order valence-corrected chi connectivity index (χ3v) is 6.08. The lowest BCUT2D eigenvalue weighted by atomic mass is 10.1. The number of aromatic nitrogens is 5. The summed E-state index contributed by atoms with van der Waals surface area (Å²) in [6, 6.07) is 2.50. The maximum atomic E-state index is 6.14. The number of anilines is 2. The fraction of sp³-hybridized carbons (Fsp3) is 0.583. The first-order valence-corrected chi connectivity index (χ1v) is 12.2. The van der Waals surface area contributed by atoms with Gasteiger partial charge in [0.25, 0.3) is 0 Å². The summed E-state index contributed by atoms with van der Waals surface area (Å²) < 4.78 is 7.55. The van der Waals surface area contributed by atoms with Crippen molar-refractivity contribution in [2.75, 3.05) is 43.4 Å². The molecule has 0 aliphatic carbocycles. The number of piperazine rings is 1. The van der Waals surface area contributed by atoms with Crippen molar-refractivity contribution < 1.29 is 4.74 Å². The molecule has 1 saturated heterocycles. The molecule has 0 aromatic carbocycles. The van der Waals surface area contributed by atoms with Crippen LogP contribution in [-0.2, 0) is 6.42 Å². The van der Waals surface area contributed by atoms with E-state index in [9.17, 15) is 0 Å². The van der Waals surface area contributed by atoms with Crippen LogP contribution < -0.4 is 20.7 Å². The maximum Gasteiger partial charge on any atom is 0.336 e. The third kappa shape index (κ3) is 5.90. The van der Waals surface area contributed by atoms with Gasteiger partial charge in [-0.1, -0.05) is 45.1 Å². The minimum Gasteiger partial charge on any atom is -0.462 e. The molecule has 4 rings (SSSR count). The number of pyridine rings is 1. The molecule has 1 aliphatic rings. The molecule has 0 atom stereocenters. The second-order valence-corrected chi connectivity index (χ2v) is 8.78. The van der Waals surface area contributed by atoms with E-state index in [1.54, 1.807) is 10.7 Å². The molecule has 0 bridgehead atoms. The van der Waals surface area contributed by atoms with E-state index in [0.717, 1.165) is 56.1 Å². The van der Waals surface area contributed by atoms with Crippen LogP contribution in [0.1, 0.15) is 62.3 Å². The number of nitrogens with zero attached hydrogens (tertiary/aromatic N) is 6. The van der Waals surface area contributed by atoms with Crippen LogP contribution in [0.25, 0.3) is 5.65 Å². The summed E-state index contributed by atoms with van der Waals surface area (Å²) in [4.78, 5) is 15.8. The van der Waals surface area contributed by atoms with Crippen molar-refractivity contribution in [1.82, 2.24) is 29.9 Å². The molecule has 3 aromatic heterocycles. The average Bonchev–Trinajstić information content (AvgIpc) is 3.22. The van der Waals surface area contributed by atoms with Crippen molar-refractivity contribution in [3.63, 3.8) is 0 Å². The van der Waals surface area contributed by atoms with Crippen molar-refractivity contribution in [2.24, 2.45) is 0 Å². The number of aryl methyl sites for hydroxylation is 1. The molecule has 0 unspecified atom stereocenters. The zero-order valence-electron chi connectivity index (χ0n) is 19.9. The number of unbranched alkanes of at least 4 members (excludes halogenated alkanes) is 5. The Hall–Kier alpha value is -2.94. The van der Waals surface area contributed by atoms with Gasteiger partial charge in [-0.15, -0.1) is 5.10 Å². The van der Waals surface area contributed by atoms with Crippen LogP contribution in [0.3, 0.4) is 0 Å². The average molecular weight is 453 g/mol. The van der Waals surface area contributed by atoms with E-state index in [1.165, 1.54) is 31.2 Å². The van der Waals surface area contributed by atoms with Gasteiger partial charge in [0.2, 0.25) is 0 Å². The van der Waals surface area contributed by atoms with E-state index in [0.29, 0.717) is 30.5 Å². The monoisotopic (exact) mass is 452 g/mol. The van der Waals surface area contributed by atoms with E-state index >= 15 is 0 Å². The van der Waals surface area contributed by atoms with Gasteiger partial charge in [0.15, 0.2) is 11.5 Å². The number of nitrogen functional groups attached to an aromatic ring is 1. The fourth-order valence-corrected chi connectivity index (χ4v) is 4.30. The third-order valence-electron chi connectivity index (χ3n) is 6.08. The van der Waals surface area contributed by atoms with Gasteiger partial charge in [-0.25, -0.2) is 14.5 Å². The van der Waals surface area contributed by atoms with Crippen LogP contribution in [0, 0.1) is 6.92 Å². The Balaban J connectivity index is 1.42. The molecule has 0 amide bonds. The summed E-state index contributed by atoms with van der Waals surface area (Å²) in [5, 5.41) is 7.94. The van der Waals surface area contributed by atoms with Crippen molar-refractivity contribution in [3.8, 4) is 6.01 Å². The molecule has 0 spiro atoms. The highest BCUT2D eigenvalue weighted by Gasteiger charge is 2.16. The van der Waals surface area contributed by atoms with Crippen LogP contribution in [0.2, 0.25) is 0 Å². The summed E-state index contributed by atoms with van der Waals surface area (Å²) in [5.74, 6) is 1.40. The lowest BCUT2D eigenvalue weighted by Crippen LogP contribution is -2.44. The number of ether oxygens (including phenoxy) is 1. The van der Waals surface area contributed by atoms with E-state index in [4.69, 9.17) is 15.5 Å². The fourth-order valence-electron chi connectivity index (χ4n) is 4.30. The zero-order valence-corrected chi connectivity index (χ0v) is 19.9. The Labute approximate surface area is 195 Å². The highest BCUT2D eigenvalue weighted by Crippen LogP contribution is 2.21. The van der Waals surface area contributed by atoms with Crippen LogP contribution in [0.4, 0.5) is 11.6 Å². The summed E-state index contributed by atoms with van der Waals surface area (Å²) in [6.07, 6.45) is 11.6. The largest absolute Gasteiger partial charge is 0.462 e. The Bertz CT molecular complexity index is 1040. The van der Waals surface area contributed by atoms with E-state index in [2.05, 4.69) is 45.2 Å². The smallest absolute Gasteiger partial charge is 0.336 e. The van der Waals surface area contributed by atoms with Gasteiger partial charge < -0.3 is 20.7 Å². The second kappa shape index (κ2) is 11.3. The van der Waals surface area contributed by atoms with E-state index < -0.39 is 0 Å². The molecular formula is C24H36N8O. The first kappa shape index (κ1) is 23.2. The van der Waals surface area contributed by atoms with Crippen molar-refractivity contribution in [1.29, 1.82) is 0 Å². The quantitative estimate of drug-likeness (QED) is 0.427. The normalized spacial score (nSPS) is 14.2. The number of imidazole rings is 1. The van der Waals surface area contributed by atoms with Gasteiger partial charge in [0.05, 0.1) is 18.5 Å². The Morgan fingerprint density at radius 3 is 2.64 bits per heavy atom. The number of hydrogen-bond acceptors (Lipinski definition) is 8. The molecular weight excluding hydrogens is 416 g/mol. The highest BCUT2D eigenvalue weighted by molar-refractivity contribution is 5.60. The number of nitrogens with two attached hydrogens (primary N) is 1. The van der Waals surface area contributed by atoms with E-state index in [1.807, 2.05) is 6.20 Å². The molecule has 3 N–H and O–H groups in total. The van der Waals surface area contributed by atoms with Gasteiger partial charge in [-0.05, 0) is 24.5 Å². The van der Waals surface area contributed by atoms with Crippen molar-refractivity contribution in [2.45, 2.75) is 58.8 Å². The Morgan fingerprint density at radius 1 is 1.06 bits per heavy atom. The molecule has 1 fully saturated rings. The first-order valence-electron chi connectivity index (χ1n) is 12.2. The second-order valence-electron chi connectivity index (χ2n) is 8.78. The zero-order chi connectivity index (χ0) is 23.0. The van der Waals surface area contributed by atoms with Crippen LogP contribution in [0.15, 0.2) is 18.5 Å². The molecule has 1 aliphatic heterocycles. The molecule has 3 aromatic rings. The van der Waals surface area contributed by atoms with Gasteiger partial charge >= 0.3 is 6.01 Å². The van der Waals surface area contributed by atoms with Crippen LogP contribution >= 0.6 is 0 Å². The first-order chi connectivity index (χ1) is 16.2.